The molecule has 0 saturated carbocycles. The van der Waals surface area contributed by atoms with Gasteiger partial charge in [-0.05, 0) is 65.4 Å². The minimum atomic E-state index is -0.534. The van der Waals surface area contributed by atoms with E-state index in [1.807, 2.05) is 49.4 Å². The Morgan fingerprint density at radius 1 is 0.972 bits per heavy atom. The molecule has 0 aliphatic heterocycles. The second-order valence-electron chi connectivity index (χ2n) is 8.69. The van der Waals surface area contributed by atoms with Gasteiger partial charge in [-0.15, -0.1) is 0 Å². The predicted octanol–water partition coefficient (Wildman–Crippen LogP) is 7.99. The van der Waals surface area contributed by atoms with Gasteiger partial charge in [0.25, 0.3) is 0 Å². The van der Waals surface area contributed by atoms with E-state index < -0.39 is 5.92 Å². The van der Waals surface area contributed by atoms with Crippen LogP contribution in [-0.4, -0.2) is 9.97 Å². The Hall–Kier alpha value is -3.79. The Morgan fingerprint density at radius 3 is 2.28 bits per heavy atom. The van der Waals surface area contributed by atoms with Gasteiger partial charge in [-0.1, -0.05) is 67.4 Å². The molecule has 0 bridgehead atoms. The van der Waals surface area contributed by atoms with Gasteiger partial charge in [-0.3, -0.25) is 0 Å². The van der Waals surface area contributed by atoms with Gasteiger partial charge in [-0.25, -0.2) is 4.98 Å². The molecule has 0 saturated heterocycles. The van der Waals surface area contributed by atoms with Crippen LogP contribution in [0.1, 0.15) is 47.9 Å². The zero-order valence-corrected chi connectivity index (χ0v) is 21.6. The number of ether oxygens (including phenoxy) is 1. The van der Waals surface area contributed by atoms with E-state index in [0.29, 0.717) is 38.8 Å². The molecule has 182 valence electrons. The lowest BCUT2D eigenvalue weighted by Gasteiger charge is -2.17. The summed E-state index contributed by atoms with van der Waals surface area (Å²) in [4.78, 5) is 8.47. The Kier molecular flexibility index (Phi) is 7.64. The SMILES string of the molecule is Cc1cc(C(C#N)c2ccc(Cl)cc2)c(Cl)cc1Nc1ncnc(Oc2ccc(C(C)C)cc2)c1N. The molecule has 0 aliphatic carbocycles. The van der Waals surface area contributed by atoms with Gasteiger partial charge in [0.15, 0.2) is 5.82 Å². The van der Waals surface area contributed by atoms with Crippen LogP contribution in [-0.2, 0) is 0 Å². The van der Waals surface area contributed by atoms with E-state index in [0.717, 1.165) is 11.1 Å². The van der Waals surface area contributed by atoms with Crippen LogP contribution in [0, 0.1) is 18.3 Å². The maximum absolute atomic E-state index is 9.85. The molecule has 1 atom stereocenters. The number of aryl methyl sites for hydroxylation is 1. The highest BCUT2D eigenvalue weighted by Gasteiger charge is 2.19. The van der Waals surface area contributed by atoms with Crippen LogP contribution in [0.3, 0.4) is 0 Å². The molecule has 1 aromatic heterocycles. The van der Waals surface area contributed by atoms with Crippen molar-refractivity contribution in [2.75, 3.05) is 11.1 Å². The lowest BCUT2D eigenvalue weighted by molar-refractivity contribution is 0.464. The molecule has 0 radical (unpaired) electrons. The predicted molar refractivity (Wildman–Crippen MR) is 145 cm³/mol. The number of nitrogens with two attached hydrogens (primary N) is 1. The van der Waals surface area contributed by atoms with Crippen LogP contribution in [0.4, 0.5) is 17.2 Å². The summed E-state index contributed by atoms with van der Waals surface area (Å²) < 4.78 is 5.91. The molecule has 0 spiro atoms. The van der Waals surface area contributed by atoms with Crippen LogP contribution in [0.15, 0.2) is 67.0 Å². The fourth-order valence-electron chi connectivity index (χ4n) is 3.76. The van der Waals surface area contributed by atoms with Crippen molar-refractivity contribution in [3.8, 4) is 17.7 Å². The van der Waals surface area contributed by atoms with E-state index in [2.05, 4.69) is 35.2 Å². The standard InChI is InChI=1S/C28H25Cl2N5O/c1-16(2)18-6-10-21(11-7-18)36-28-26(32)27(33-15-34-28)35-25-13-24(30)22(12-17(25)3)23(14-31)19-4-8-20(29)9-5-19/h4-13,15-16,23H,32H2,1-3H3,(H,33,34,35). The van der Waals surface area contributed by atoms with Crippen molar-refractivity contribution in [1.82, 2.24) is 9.97 Å². The van der Waals surface area contributed by atoms with Crippen molar-refractivity contribution in [3.63, 3.8) is 0 Å². The Labute approximate surface area is 220 Å². The minimum Gasteiger partial charge on any atom is -0.437 e. The zero-order valence-electron chi connectivity index (χ0n) is 20.1. The van der Waals surface area contributed by atoms with Crippen molar-refractivity contribution < 1.29 is 4.74 Å². The number of nitrogens with one attached hydrogen (secondary N) is 1. The third-order valence-electron chi connectivity index (χ3n) is 5.85. The molecule has 36 heavy (non-hydrogen) atoms. The highest BCUT2D eigenvalue weighted by Crippen LogP contribution is 2.37. The topological polar surface area (TPSA) is 96.8 Å². The number of rotatable bonds is 7. The fraction of sp³-hybridized carbons (Fsp3) is 0.179. The van der Waals surface area contributed by atoms with Gasteiger partial charge >= 0.3 is 0 Å². The number of hydrogen-bond acceptors (Lipinski definition) is 6. The monoisotopic (exact) mass is 517 g/mol. The van der Waals surface area contributed by atoms with Crippen molar-refractivity contribution >= 4 is 40.4 Å². The third kappa shape index (κ3) is 5.54. The number of benzene rings is 3. The second-order valence-corrected chi connectivity index (χ2v) is 9.54. The highest BCUT2D eigenvalue weighted by molar-refractivity contribution is 6.32. The summed E-state index contributed by atoms with van der Waals surface area (Å²) in [5.41, 5.74) is 10.9. The molecule has 0 amide bonds. The Morgan fingerprint density at radius 2 is 1.64 bits per heavy atom. The van der Waals surface area contributed by atoms with E-state index in [4.69, 9.17) is 33.7 Å². The molecule has 0 aliphatic rings. The molecule has 1 unspecified atom stereocenters. The number of nitrogen functional groups attached to an aromatic ring is 1. The first-order valence-corrected chi connectivity index (χ1v) is 12.1. The molecule has 4 aromatic rings. The Balaban J connectivity index is 1.58. The van der Waals surface area contributed by atoms with Crippen LogP contribution < -0.4 is 15.8 Å². The van der Waals surface area contributed by atoms with Gasteiger partial charge < -0.3 is 15.8 Å². The maximum Gasteiger partial charge on any atom is 0.248 e. The number of nitrogens with zero attached hydrogens (tertiary/aromatic N) is 3. The number of aromatic nitrogens is 2. The first-order valence-electron chi connectivity index (χ1n) is 11.4. The summed E-state index contributed by atoms with van der Waals surface area (Å²) in [5, 5.41) is 14.1. The second kappa shape index (κ2) is 10.9. The molecule has 1 heterocycles. The normalized spacial score (nSPS) is 11.7. The molecule has 3 N–H and O–H groups in total. The van der Waals surface area contributed by atoms with Crippen LogP contribution >= 0.6 is 23.2 Å². The van der Waals surface area contributed by atoms with Crippen molar-refractivity contribution in [2.45, 2.75) is 32.6 Å². The van der Waals surface area contributed by atoms with Gasteiger partial charge in [0.05, 0.1) is 12.0 Å². The molecule has 3 aromatic carbocycles. The van der Waals surface area contributed by atoms with Gasteiger partial charge in [0.1, 0.15) is 17.8 Å². The molecule has 4 rings (SSSR count). The van der Waals surface area contributed by atoms with Crippen LogP contribution in [0.25, 0.3) is 0 Å². The summed E-state index contributed by atoms with van der Waals surface area (Å²) in [6.45, 7) is 6.19. The van der Waals surface area contributed by atoms with E-state index >= 15 is 0 Å². The summed E-state index contributed by atoms with van der Waals surface area (Å²) in [7, 11) is 0. The summed E-state index contributed by atoms with van der Waals surface area (Å²) >= 11 is 12.6. The largest absolute Gasteiger partial charge is 0.437 e. The number of nitriles is 1. The quantitative estimate of drug-likeness (QED) is 0.257. The maximum atomic E-state index is 9.85. The fourth-order valence-corrected chi connectivity index (χ4v) is 4.16. The number of hydrogen-bond donors (Lipinski definition) is 2. The minimum absolute atomic E-state index is 0.248. The van der Waals surface area contributed by atoms with Gasteiger partial charge in [0.2, 0.25) is 5.88 Å². The Bertz CT molecular complexity index is 1410. The summed E-state index contributed by atoms with van der Waals surface area (Å²) in [6.07, 6.45) is 1.38. The highest BCUT2D eigenvalue weighted by atomic mass is 35.5. The van der Waals surface area contributed by atoms with Crippen LogP contribution in [0.2, 0.25) is 10.0 Å². The summed E-state index contributed by atoms with van der Waals surface area (Å²) in [6, 6.07) is 21.0. The average Bonchev–Trinajstić information content (AvgIpc) is 2.86. The lowest BCUT2D eigenvalue weighted by Crippen LogP contribution is -2.05. The summed E-state index contributed by atoms with van der Waals surface area (Å²) in [5.74, 6) is 1.16. The van der Waals surface area contributed by atoms with E-state index in [1.54, 1.807) is 18.2 Å². The van der Waals surface area contributed by atoms with Crippen LogP contribution in [0.5, 0.6) is 11.6 Å². The average molecular weight is 518 g/mol. The van der Waals surface area contributed by atoms with E-state index in [9.17, 15) is 5.26 Å². The van der Waals surface area contributed by atoms with Gasteiger partial charge in [0, 0.05) is 15.7 Å². The van der Waals surface area contributed by atoms with E-state index in [1.165, 1.54) is 11.9 Å². The van der Waals surface area contributed by atoms with E-state index in [-0.39, 0.29) is 11.6 Å². The first-order chi connectivity index (χ1) is 17.3. The molecular weight excluding hydrogens is 493 g/mol. The first kappa shape index (κ1) is 25.3. The smallest absolute Gasteiger partial charge is 0.248 e. The molecule has 8 heteroatoms. The van der Waals surface area contributed by atoms with Crippen molar-refractivity contribution in [3.05, 3.63) is 99.3 Å². The number of halogens is 2. The lowest BCUT2D eigenvalue weighted by atomic mass is 9.91. The van der Waals surface area contributed by atoms with Crippen molar-refractivity contribution in [1.29, 1.82) is 5.26 Å². The van der Waals surface area contributed by atoms with Gasteiger partial charge in [-0.2, -0.15) is 10.2 Å². The molecule has 0 fully saturated rings. The van der Waals surface area contributed by atoms with Crippen molar-refractivity contribution in [2.24, 2.45) is 0 Å². The third-order valence-corrected chi connectivity index (χ3v) is 6.43. The number of anilines is 3. The molecule has 6 nitrogen and oxygen atoms in total. The zero-order chi connectivity index (χ0) is 25.8. The molecular formula is C28H25Cl2N5O.